The summed E-state index contributed by atoms with van der Waals surface area (Å²) in [5.74, 6) is 0.404. The van der Waals surface area contributed by atoms with Crippen molar-refractivity contribution in [2.75, 3.05) is 24.7 Å². The number of likely N-dealkylation sites (N-methyl/N-ethyl adjacent to an activating group) is 1. The first-order valence-corrected chi connectivity index (χ1v) is 10.5. The van der Waals surface area contributed by atoms with Crippen LogP contribution in [0.5, 0.6) is 5.75 Å². The van der Waals surface area contributed by atoms with Crippen LogP contribution in [0, 0.1) is 0 Å². The van der Waals surface area contributed by atoms with Gasteiger partial charge in [0.25, 0.3) is 0 Å². The number of benzene rings is 2. The van der Waals surface area contributed by atoms with E-state index in [9.17, 15) is 13.2 Å². The van der Waals surface area contributed by atoms with Crippen LogP contribution in [0.15, 0.2) is 48.5 Å². The Morgan fingerprint density at radius 1 is 1.19 bits per heavy atom. The normalized spacial score (nSPS) is 12.3. The first-order chi connectivity index (χ1) is 12.6. The van der Waals surface area contributed by atoms with E-state index in [2.05, 4.69) is 0 Å². The third-order valence-electron chi connectivity index (χ3n) is 4.08. The average Bonchev–Trinajstić information content (AvgIpc) is 2.60. The largest absolute Gasteiger partial charge is 0.497 e. The van der Waals surface area contributed by atoms with Crippen LogP contribution in [0.25, 0.3) is 0 Å². The van der Waals surface area contributed by atoms with Crippen molar-refractivity contribution in [2.24, 2.45) is 0 Å². The molecule has 27 heavy (non-hydrogen) atoms. The van der Waals surface area contributed by atoms with Crippen molar-refractivity contribution in [3.63, 3.8) is 0 Å². The summed E-state index contributed by atoms with van der Waals surface area (Å²) in [4.78, 5) is 14.4. The van der Waals surface area contributed by atoms with Gasteiger partial charge in [-0.25, -0.2) is 8.42 Å². The van der Waals surface area contributed by atoms with Crippen LogP contribution in [-0.4, -0.2) is 45.7 Å². The molecule has 0 aliphatic heterocycles. The monoisotopic (exact) mass is 410 g/mol. The smallest absolute Gasteiger partial charge is 0.246 e. The quantitative estimate of drug-likeness (QED) is 0.703. The van der Waals surface area contributed by atoms with E-state index >= 15 is 0 Å². The van der Waals surface area contributed by atoms with Crippen LogP contribution in [0.4, 0.5) is 5.69 Å². The molecular formula is C19H23ClN2O4S. The maximum Gasteiger partial charge on any atom is 0.246 e. The summed E-state index contributed by atoms with van der Waals surface area (Å²) >= 11 is 5.99. The highest BCUT2D eigenvalue weighted by atomic mass is 35.5. The second-order valence-electron chi connectivity index (χ2n) is 6.26. The third kappa shape index (κ3) is 5.37. The van der Waals surface area contributed by atoms with Gasteiger partial charge in [-0.3, -0.25) is 9.10 Å². The zero-order valence-electron chi connectivity index (χ0n) is 15.7. The van der Waals surface area contributed by atoms with Gasteiger partial charge in [0, 0.05) is 18.6 Å². The van der Waals surface area contributed by atoms with Gasteiger partial charge < -0.3 is 9.64 Å². The molecule has 1 atom stereocenters. The Morgan fingerprint density at radius 3 is 2.33 bits per heavy atom. The fraction of sp³-hybridized carbons (Fsp3) is 0.316. The van der Waals surface area contributed by atoms with Gasteiger partial charge in [0.2, 0.25) is 15.9 Å². The van der Waals surface area contributed by atoms with Crippen LogP contribution in [0.1, 0.15) is 12.5 Å². The van der Waals surface area contributed by atoms with E-state index in [-0.39, 0.29) is 5.91 Å². The Kier molecular flexibility index (Phi) is 6.73. The third-order valence-corrected chi connectivity index (χ3v) is 5.56. The Balaban J connectivity index is 2.23. The lowest BCUT2D eigenvalue weighted by Crippen LogP contribution is -2.48. The van der Waals surface area contributed by atoms with Gasteiger partial charge >= 0.3 is 0 Å². The number of ether oxygens (including phenoxy) is 1. The second-order valence-corrected chi connectivity index (χ2v) is 8.55. The molecule has 0 aliphatic carbocycles. The number of sulfonamides is 1. The summed E-state index contributed by atoms with van der Waals surface area (Å²) in [7, 11) is -0.458. The van der Waals surface area contributed by atoms with E-state index in [0.29, 0.717) is 17.3 Å². The van der Waals surface area contributed by atoms with Crippen LogP contribution in [-0.2, 0) is 21.4 Å². The summed E-state index contributed by atoms with van der Waals surface area (Å²) in [6.45, 7) is 1.91. The molecule has 0 aliphatic rings. The molecule has 0 bridgehead atoms. The van der Waals surface area contributed by atoms with E-state index in [1.54, 1.807) is 39.3 Å². The van der Waals surface area contributed by atoms with Crippen LogP contribution >= 0.6 is 11.6 Å². The van der Waals surface area contributed by atoms with Crippen molar-refractivity contribution < 1.29 is 17.9 Å². The molecule has 1 amide bonds. The molecule has 0 N–H and O–H groups in total. The standard InChI is InChI=1S/C19H23ClN2O4S/c1-14(22(27(4,24)25)17-7-5-6-16(20)12-17)19(23)21(2)13-15-8-10-18(26-3)11-9-15/h5-12,14H,13H2,1-4H3/t14-/m0/s1. The lowest BCUT2D eigenvalue weighted by molar-refractivity contribution is -0.131. The fourth-order valence-corrected chi connectivity index (χ4v) is 4.16. The number of hydrogen-bond acceptors (Lipinski definition) is 4. The Hall–Kier alpha value is -2.25. The molecule has 0 spiro atoms. The second kappa shape index (κ2) is 8.63. The Bertz CT molecular complexity index is 900. The number of halogens is 1. The summed E-state index contributed by atoms with van der Waals surface area (Å²) in [5, 5.41) is 0.396. The number of methoxy groups -OCH3 is 1. The first kappa shape index (κ1) is 21.1. The highest BCUT2D eigenvalue weighted by Gasteiger charge is 2.31. The predicted molar refractivity (Wildman–Crippen MR) is 108 cm³/mol. The van der Waals surface area contributed by atoms with Gasteiger partial charge in [0.05, 0.1) is 19.1 Å². The number of anilines is 1. The zero-order valence-corrected chi connectivity index (χ0v) is 17.3. The molecule has 2 rings (SSSR count). The molecule has 0 unspecified atom stereocenters. The van der Waals surface area contributed by atoms with Gasteiger partial charge in [-0.15, -0.1) is 0 Å². The number of nitrogens with zero attached hydrogens (tertiary/aromatic N) is 2. The fourth-order valence-electron chi connectivity index (χ4n) is 2.82. The summed E-state index contributed by atoms with van der Waals surface area (Å²) in [6, 6.07) is 12.9. The van der Waals surface area contributed by atoms with E-state index in [0.717, 1.165) is 21.9 Å². The minimum Gasteiger partial charge on any atom is -0.497 e. The SMILES string of the molecule is COc1ccc(CN(C)C(=O)[C@H](C)N(c2cccc(Cl)c2)S(C)(=O)=O)cc1. The van der Waals surface area contributed by atoms with Gasteiger partial charge in [-0.2, -0.15) is 0 Å². The Labute approximate surface area is 165 Å². The summed E-state index contributed by atoms with van der Waals surface area (Å²) < 4.78 is 30.9. The van der Waals surface area contributed by atoms with E-state index in [1.165, 1.54) is 11.0 Å². The van der Waals surface area contributed by atoms with Gasteiger partial charge in [-0.05, 0) is 42.8 Å². The Morgan fingerprint density at radius 2 is 1.81 bits per heavy atom. The number of carbonyl (C=O) groups is 1. The van der Waals surface area contributed by atoms with Crippen molar-refractivity contribution in [1.29, 1.82) is 0 Å². The minimum absolute atomic E-state index is 0.323. The molecular weight excluding hydrogens is 388 g/mol. The average molecular weight is 411 g/mol. The van der Waals surface area contributed by atoms with Crippen LogP contribution < -0.4 is 9.04 Å². The van der Waals surface area contributed by atoms with E-state index in [4.69, 9.17) is 16.3 Å². The van der Waals surface area contributed by atoms with Crippen molar-refractivity contribution >= 4 is 33.2 Å². The zero-order chi connectivity index (χ0) is 20.2. The molecule has 146 valence electrons. The predicted octanol–water partition coefficient (Wildman–Crippen LogP) is 3.16. The molecule has 0 saturated heterocycles. The maximum absolute atomic E-state index is 12.9. The minimum atomic E-state index is -3.68. The molecule has 0 heterocycles. The van der Waals surface area contributed by atoms with Crippen LogP contribution in [0.2, 0.25) is 5.02 Å². The highest BCUT2D eigenvalue weighted by molar-refractivity contribution is 7.92. The molecule has 0 aromatic heterocycles. The number of hydrogen-bond donors (Lipinski definition) is 0. The van der Waals surface area contributed by atoms with Crippen molar-refractivity contribution in [1.82, 2.24) is 4.90 Å². The molecule has 0 saturated carbocycles. The highest BCUT2D eigenvalue weighted by Crippen LogP contribution is 2.25. The van der Waals surface area contributed by atoms with E-state index in [1.807, 2.05) is 24.3 Å². The molecule has 2 aromatic carbocycles. The van der Waals surface area contributed by atoms with E-state index < -0.39 is 16.1 Å². The van der Waals surface area contributed by atoms with Gasteiger partial charge in [-0.1, -0.05) is 29.8 Å². The lowest BCUT2D eigenvalue weighted by atomic mass is 10.2. The molecule has 6 nitrogen and oxygen atoms in total. The van der Waals surface area contributed by atoms with Gasteiger partial charge in [0.1, 0.15) is 11.8 Å². The molecule has 0 radical (unpaired) electrons. The lowest BCUT2D eigenvalue weighted by Gasteiger charge is -2.31. The van der Waals surface area contributed by atoms with Crippen molar-refractivity contribution in [3.05, 3.63) is 59.1 Å². The summed E-state index contributed by atoms with van der Waals surface area (Å²) in [6.07, 6.45) is 1.07. The molecule has 2 aromatic rings. The first-order valence-electron chi connectivity index (χ1n) is 8.26. The number of amides is 1. The maximum atomic E-state index is 12.9. The topological polar surface area (TPSA) is 66.9 Å². The molecule has 8 heteroatoms. The van der Waals surface area contributed by atoms with Gasteiger partial charge in [0.15, 0.2) is 0 Å². The summed E-state index contributed by atoms with van der Waals surface area (Å²) in [5.41, 5.74) is 1.26. The molecule has 0 fully saturated rings. The van der Waals surface area contributed by atoms with Crippen molar-refractivity contribution in [2.45, 2.75) is 19.5 Å². The van der Waals surface area contributed by atoms with Crippen molar-refractivity contribution in [3.8, 4) is 5.75 Å². The number of rotatable bonds is 7. The number of carbonyl (C=O) groups excluding carboxylic acids is 1. The van der Waals surface area contributed by atoms with Crippen LogP contribution in [0.3, 0.4) is 0 Å².